The van der Waals surface area contributed by atoms with E-state index in [-0.39, 0.29) is 0 Å². The summed E-state index contributed by atoms with van der Waals surface area (Å²) in [5.74, 6) is 1.75. The smallest absolute Gasteiger partial charge is 0.0149 e. The van der Waals surface area contributed by atoms with E-state index in [0.717, 1.165) is 18.3 Å². The summed E-state index contributed by atoms with van der Waals surface area (Å²) in [7, 11) is 0. The maximum absolute atomic E-state index is 2.54. The van der Waals surface area contributed by atoms with Crippen molar-refractivity contribution in [3.8, 4) is 0 Å². The predicted octanol–water partition coefficient (Wildman–Crippen LogP) is 5.47. The molecule has 0 aliphatic heterocycles. The van der Waals surface area contributed by atoms with Crippen molar-refractivity contribution in [3.05, 3.63) is 59.2 Å². The molecule has 3 unspecified atom stereocenters. The summed E-state index contributed by atoms with van der Waals surface area (Å²) in [5, 5.41) is 2.95. The highest BCUT2D eigenvalue weighted by atomic mass is 14.5. The topological polar surface area (TPSA) is 0 Å². The number of aryl methyl sites for hydroxylation is 2. The summed E-state index contributed by atoms with van der Waals surface area (Å²) in [6.45, 7) is 2.27. The highest BCUT2D eigenvalue weighted by Gasteiger charge is 2.49. The van der Waals surface area contributed by atoms with Gasteiger partial charge >= 0.3 is 0 Å². The van der Waals surface area contributed by atoms with Gasteiger partial charge in [-0.2, -0.15) is 0 Å². The molecule has 0 nitrogen and oxygen atoms in total. The fourth-order valence-corrected chi connectivity index (χ4v) is 5.58. The molecule has 112 valence electrons. The molecule has 1 saturated carbocycles. The minimum atomic E-state index is 0.598. The van der Waals surface area contributed by atoms with E-state index < -0.39 is 0 Å². The van der Waals surface area contributed by atoms with E-state index in [1.165, 1.54) is 48.4 Å². The first-order valence-electron chi connectivity index (χ1n) is 8.99. The van der Waals surface area contributed by atoms with Gasteiger partial charge in [0, 0.05) is 0 Å². The van der Waals surface area contributed by atoms with Gasteiger partial charge in [0.15, 0.2) is 0 Å². The van der Waals surface area contributed by atoms with E-state index >= 15 is 0 Å². The van der Waals surface area contributed by atoms with Gasteiger partial charge in [-0.05, 0) is 83.2 Å². The van der Waals surface area contributed by atoms with Crippen LogP contribution in [0.3, 0.4) is 0 Å². The standard InChI is InChI=1S/C22H24/c1-2-16-4-3-5-18-11-17-8-9-22(14-19(17)12-21(16)18)13-15-6-7-20(22)10-15/h3-7,11-12,15,20H,2,8-10,13-14H2,1H3. The zero-order valence-corrected chi connectivity index (χ0v) is 13.4. The van der Waals surface area contributed by atoms with E-state index in [9.17, 15) is 0 Å². The van der Waals surface area contributed by atoms with Gasteiger partial charge in [0.2, 0.25) is 0 Å². The highest BCUT2D eigenvalue weighted by molar-refractivity contribution is 5.87. The Balaban J connectivity index is 1.62. The van der Waals surface area contributed by atoms with E-state index in [1.54, 1.807) is 11.1 Å². The second-order valence-corrected chi connectivity index (χ2v) is 7.84. The molecule has 1 fully saturated rings. The van der Waals surface area contributed by atoms with Crippen LogP contribution in [0.25, 0.3) is 10.8 Å². The molecule has 0 amide bonds. The second-order valence-electron chi connectivity index (χ2n) is 7.84. The zero-order chi connectivity index (χ0) is 14.7. The SMILES string of the molecule is CCc1cccc2cc3c(cc12)CC1(CC3)CC2C=CC1C2. The van der Waals surface area contributed by atoms with Gasteiger partial charge in [0.1, 0.15) is 0 Å². The summed E-state index contributed by atoms with van der Waals surface area (Å²) in [6, 6.07) is 11.8. The summed E-state index contributed by atoms with van der Waals surface area (Å²) in [5.41, 5.74) is 5.38. The average molecular weight is 288 g/mol. The van der Waals surface area contributed by atoms with Crippen LogP contribution >= 0.6 is 0 Å². The first kappa shape index (κ1) is 12.9. The number of benzene rings is 2. The average Bonchev–Trinajstić information content (AvgIpc) is 3.13. The molecule has 3 aliphatic carbocycles. The lowest BCUT2D eigenvalue weighted by Crippen LogP contribution is -2.32. The molecule has 0 heteroatoms. The van der Waals surface area contributed by atoms with Crippen LogP contribution < -0.4 is 0 Å². The molecule has 0 saturated heterocycles. The van der Waals surface area contributed by atoms with Crippen LogP contribution in [0.5, 0.6) is 0 Å². The van der Waals surface area contributed by atoms with Gasteiger partial charge < -0.3 is 0 Å². The molecule has 3 aliphatic rings. The van der Waals surface area contributed by atoms with Crippen LogP contribution in [-0.4, -0.2) is 0 Å². The molecular formula is C22H24. The van der Waals surface area contributed by atoms with E-state index in [2.05, 4.69) is 49.4 Å². The number of rotatable bonds is 1. The van der Waals surface area contributed by atoms with Crippen molar-refractivity contribution in [3.63, 3.8) is 0 Å². The van der Waals surface area contributed by atoms with Gasteiger partial charge in [-0.15, -0.1) is 0 Å². The molecular weight excluding hydrogens is 264 g/mol. The highest BCUT2D eigenvalue weighted by Crippen LogP contribution is 2.57. The van der Waals surface area contributed by atoms with E-state index in [0.29, 0.717) is 5.41 Å². The van der Waals surface area contributed by atoms with Gasteiger partial charge in [-0.3, -0.25) is 0 Å². The summed E-state index contributed by atoms with van der Waals surface area (Å²) >= 11 is 0. The van der Waals surface area contributed by atoms with Crippen LogP contribution in [0, 0.1) is 17.3 Å². The zero-order valence-electron chi connectivity index (χ0n) is 13.4. The summed E-state index contributed by atoms with van der Waals surface area (Å²) in [4.78, 5) is 0. The minimum absolute atomic E-state index is 0.598. The van der Waals surface area contributed by atoms with Crippen LogP contribution in [0.2, 0.25) is 0 Å². The number of hydrogen-bond donors (Lipinski definition) is 0. The third-order valence-corrected chi connectivity index (χ3v) is 6.73. The number of fused-ring (bicyclic) bond motifs is 5. The molecule has 22 heavy (non-hydrogen) atoms. The van der Waals surface area contributed by atoms with Gasteiger partial charge in [0.05, 0.1) is 0 Å². The van der Waals surface area contributed by atoms with E-state index in [4.69, 9.17) is 0 Å². The van der Waals surface area contributed by atoms with Crippen LogP contribution in [-0.2, 0) is 19.3 Å². The summed E-state index contributed by atoms with van der Waals surface area (Å²) in [6.07, 6.45) is 13.1. The quantitative estimate of drug-likeness (QED) is 0.610. The Bertz CT molecular complexity index is 782. The largest absolute Gasteiger partial charge is 0.0851 e. The van der Waals surface area contributed by atoms with Crippen molar-refractivity contribution in [1.29, 1.82) is 0 Å². The molecule has 1 spiro atoms. The fraction of sp³-hybridized carbons (Fsp3) is 0.455. The van der Waals surface area contributed by atoms with Gasteiger partial charge in [0.25, 0.3) is 0 Å². The fourth-order valence-electron chi connectivity index (χ4n) is 5.58. The molecule has 0 radical (unpaired) electrons. The molecule has 3 atom stereocenters. The summed E-state index contributed by atoms with van der Waals surface area (Å²) < 4.78 is 0. The predicted molar refractivity (Wildman–Crippen MR) is 93.1 cm³/mol. The van der Waals surface area contributed by atoms with Crippen molar-refractivity contribution in [1.82, 2.24) is 0 Å². The number of hydrogen-bond acceptors (Lipinski definition) is 0. The minimum Gasteiger partial charge on any atom is -0.0851 e. The number of allylic oxidation sites excluding steroid dienone is 2. The monoisotopic (exact) mass is 288 g/mol. The Hall–Kier alpha value is -1.56. The van der Waals surface area contributed by atoms with Crippen LogP contribution in [0.1, 0.15) is 42.9 Å². The van der Waals surface area contributed by atoms with Crippen molar-refractivity contribution < 1.29 is 0 Å². The normalized spacial score (nSPS) is 32.0. The van der Waals surface area contributed by atoms with Crippen molar-refractivity contribution in [2.75, 3.05) is 0 Å². The Morgan fingerprint density at radius 2 is 2.09 bits per heavy atom. The van der Waals surface area contributed by atoms with Gasteiger partial charge in [-0.25, -0.2) is 0 Å². The lowest BCUT2D eigenvalue weighted by atomic mass is 9.64. The molecule has 2 bridgehead atoms. The molecule has 0 heterocycles. The maximum atomic E-state index is 2.54. The lowest BCUT2D eigenvalue weighted by Gasteiger charge is -2.40. The second kappa shape index (κ2) is 4.47. The van der Waals surface area contributed by atoms with Gasteiger partial charge in [-0.1, -0.05) is 49.4 Å². The van der Waals surface area contributed by atoms with Crippen LogP contribution in [0.4, 0.5) is 0 Å². The van der Waals surface area contributed by atoms with Crippen molar-refractivity contribution in [2.24, 2.45) is 17.3 Å². The Morgan fingerprint density at radius 1 is 1.14 bits per heavy atom. The van der Waals surface area contributed by atoms with E-state index in [1.807, 2.05) is 0 Å². The van der Waals surface area contributed by atoms with Crippen molar-refractivity contribution >= 4 is 10.8 Å². The Kier molecular flexibility index (Phi) is 2.63. The first-order valence-corrected chi connectivity index (χ1v) is 8.99. The van der Waals surface area contributed by atoms with Crippen molar-refractivity contribution in [2.45, 2.75) is 45.4 Å². The molecule has 0 N–H and O–H groups in total. The first-order chi connectivity index (χ1) is 10.8. The molecule has 5 rings (SSSR count). The lowest BCUT2D eigenvalue weighted by molar-refractivity contribution is 0.195. The Morgan fingerprint density at radius 3 is 2.86 bits per heavy atom. The Labute approximate surface area is 133 Å². The van der Waals surface area contributed by atoms with Crippen LogP contribution in [0.15, 0.2) is 42.5 Å². The maximum Gasteiger partial charge on any atom is -0.0149 e. The third kappa shape index (κ3) is 1.70. The molecule has 2 aromatic carbocycles. The molecule has 2 aromatic rings. The third-order valence-electron chi connectivity index (χ3n) is 6.73. The molecule has 0 aromatic heterocycles.